The number of imidazole rings is 1. The fourth-order valence-electron chi connectivity index (χ4n) is 1.77. The zero-order valence-electron chi connectivity index (χ0n) is 8.96. The number of fused-ring (bicyclic) bond motifs is 1. The lowest BCUT2D eigenvalue weighted by Gasteiger charge is -2.02. The fraction of sp³-hybridized carbons (Fsp3) is 0.0769. The van der Waals surface area contributed by atoms with Crippen LogP contribution >= 0.6 is 0 Å². The molecule has 3 rings (SSSR count). The van der Waals surface area contributed by atoms with Crippen LogP contribution in [0.3, 0.4) is 0 Å². The number of benzene rings is 1. The van der Waals surface area contributed by atoms with Gasteiger partial charge in [0.05, 0.1) is 5.69 Å². The topological polar surface area (TPSA) is 30.2 Å². The Morgan fingerprint density at radius 1 is 1.12 bits per heavy atom. The van der Waals surface area contributed by atoms with E-state index in [1.165, 1.54) is 5.56 Å². The van der Waals surface area contributed by atoms with Gasteiger partial charge >= 0.3 is 0 Å². The van der Waals surface area contributed by atoms with Crippen LogP contribution in [0.5, 0.6) is 0 Å². The van der Waals surface area contributed by atoms with Crippen LogP contribution in [0.1, 0.15) is 5.56 Å². The average Bonchev–Trinajstić information content (AvgIpc) is 2.75. The van der Waals surface area contributed by atoms with Gasteiger partial charge in [0, 0.05) is 24.2 Å². The third kappa shape index (κ3) is 1.46. The Labute approximate surface area is 93.4 Å². The quantitative estimate of drug-likeness (QED) is 0.616. The second kappa shape index (κ2) is 3.45. The van der Waals surface area contributed by atoms with Crippen molar-refractivity contribution in [3.8, 4) is 11.3 Å². The van der Waals surface area contributed by atoms with Crippen LogP contribution in [-0.2, 0) is 0 Å². The van der Waals surface area contributed by atoms with Crippen molar-refractivity contribution in [3.63, 3.8) is 0 Å². The maximum absolute atomic E-state index is 4.50. The summed E-state index contributed by atoms with van der Waals surface area (Å²) in [6, 6.07) is 10.3. The first-order valence-corrected chi connectivity index (χ1v) is 5.20. The normalized spacial score (nSPS) is 10.8. The van der Waals surface area contributed by atoms with Crippen molar-refractivity contribution < 1.29 is 0 Å². The molecule has 78 valence electrons. The van der Waals surface area contributed by atoms with Gasteiger partial charge < -0.3 is 0 Å². The number of rotatable bonds is 1. The van der Waals surface area contributed by atoms with Gasteiger partial charge in [0.15, 0.2) is 0 Å². The zero-order valence-corrected chi connectivity index (χ0v) is 8.96. The molecule has 3 nitrogen and oxygen atoms in total. The number of aryl methyl sites for hydroxylation is 1. The van der Waals surface area contributed by atoms with Gasteiger partial charge in [0.2, 0.25) is 5.78 Å². The SMILES string of the molecule is Cc1cccc(-c2ccn3ccnc3n2)c1. The Kier molecular flexibility index (Phi) is 1.96. The van der Waals surface area contributed by atoms with Crippen molar-refractivity contribution in [1.82, 2.24) is 14.4 Å². The molecule has 0 spiro atoms. The Hall–Kier alpha value is -2.16. The molecule has 0 bridgehead atoms. The van der Waals surface area contributed by atoms with Crippen LogP contribution in [0.15, 0.2) is 48.9 Å². The highest BCUT2D eigenvalue weighted by Gasteiger charge is 2.01. The van der Waals surface area contributed by atoms with E-state index in [2.05, 4.69) is 35.1 Å². The fourth-order valence-corrected chi connectivity index (χ4v) is 1.77. The van der Waals surface area contributed by atoms with Crippen molar-refractivity contribution in [1.29, 1.82) is 0 Å². The summed E-state index contributed by atoms with van der Waals surface area (Å²) in [5, 5.41) is 0. The molecule has 0 saturated carbocycles. The van der Waals surface area contributed by atoms with E-state index in [9.17, 15) is 0 Å². The van der Waals surface area contributed by atoms with Crippen LogP contribution in [0.2, 0.25) is 0 Å². The molecule has 2 heterocycles. The molecule has 3 aromatic rings. The van der Waals surface area contributed by atoms with Gasteiger partial charge in [-0.05, 0) is 19.1 Å². The predicted molar refractivity (Wildman–Crippen MR) is 63.2 cm³/mol. The van der Waals surface area contributed by atoms with Crippen molar-refractivity contribution in [2.45, 2.75) is 6.92 Å². The summed E-state index contributed by atoms with van der Waals surface area (Å²) in [5.41, 5.74) is 3.33. The van der Waals surface area contributed by atoms with Gasteiger partial charge in [0.25, 0.3) is 0 Å². The zero-order chi connectivity index (χ0) is 11.0. The van der Waals surface area contributed by atoms with Crippen LogP contribution in [-0.4, -0.2) is 14.4 Å². The minimum absolute atomic E-state index is 0.735. The van der Waals surface area contributed by atoms with E-state index >= 15 is 0 Å². The van der Waals surface area contributed by atoms with Gasteiger partial charge in [-0.2, -0.15) is 0 Å². The molecule has 0 unspecified atom stereocenters. The minimum atomic E-state index is 0.735. The molecule has 0 atom stereocenters. The van der Waals surface area contributed by atoms with Crippen LogP contribution in [0.4, 0.5) is 0 Å². The van der Waals surface area contributed by atoms with Crippen molar-refractivity contribution in [2.24, 2.45) is 0 Å². The first-order valence-electron chi connectivity index (χ1n) is 5.20. The van der Waals surface area contributed by atoms with E-state index in [0.717, 1.165) is 17.0 Å². The summed E-state index contributed by atoms with van der Waals surface area (Å²) in [5.74, 6) is 0.735. The lowest BCUT2D eigenvalue weighted by molar-refractivity contribution is 1.11. The predicted octanol–water partition coefficient (Wildman–Crippen LogP) is 2.70. The Morgan fingerprint density at radius 3 is 2.94 bits per heavy atom. The highest BCUT2D eigenvalue weighted by atomic mass is 15.1. The number of hydrogen-bond donors (Lipinski definition) is 0. The molecular formula is C13H11N3. The molecule has 0 aliphatic carbocycles. The summed E-state index contributed by atoms with van der Waals surface area (Å²) >= 11 is 0. The maximum atomic E-state index is 4.50. The second-order valence-electron chi connectivity index (χ2n) is 3.82. The minimum Gasteiger partial charge on any atom is -0.291 e. The summed E-state index contributed by atoms with van der Waals surface area (Å²) in [6.45, 7) is 2.08. The molecular weight excluding hydrogens is 198 g/mol. The molecule has 0 N–H and O–H groups in total. The molecule has 1 aromatic carbocycles. The largest absolute Gasteiger partial charge is 0.291 e. The summed E-state index contributed by atoms with van der Waals surface area (Å²) in [6.07, 6.45) is 5.62. The van der Waals surface area contributed by atoms with E-state index in [1.54, 1.807) is 6.20 Å². The Bertz CT molecular complexity index is 640. The van der Waals surface area contributed by atoms with E-state index in [4.69, 9.17) is 0 Å². The lowest BCUT2D eigenvalue weighted by atomic mass is 10.1. The third-order valence-electron chi connectivity index (χ3n) is 2.58. The van der Waals surface area contributed by atoms with Crippen LogP contribution in [0, 0.1) is 6.92 Å². The molecule has 0 saturated heterocycles. The van der Waals surface area contributed by atoms with Gasteiger partial charge in [-0.3, -0.25) is 4.40 Å². The molecule has 0 aliphatic rings. The van der Waals surface area contributed by atoms with Crippen molar-refractivity contribution in [2.75, 3.05) is 0 Å². The van der Waals surface area contributed by atoms with Crippen molar-refractivity contribution >= 4 is 5.78 Å². The number of nitrogens with zero attached hydrogens (tertiary/aromatic N) is 3. The van der Waals surface area contributed by atoms with Gasteiger partial charge in [-0.25, -0.2) is 9.97 Å². The first-order chi connectivity index (χ1) is 7.83. The highest BCUT2D eigenvalue weighted by Crippen LogP contribution is 2.18. The Morgan fingerprint density at radius 2 is 2.06 bits per heavy atom. The number of hydrogen-bond acceptors (Lipinski definition) is 2. The van der Waals surface area contributed by atoms with E-state index in [0.29, 0.717) is 0 Å². The summed E-state index contributed by atoms with van der Waals surface area (Å²) < 4.78 is 1.90. The smallest absolute Gasteiger partial charge is 0.234 e. The Balaban J connectivity index is 2.18. The van der Waals surface area contributed by atoms with Crippen LogP contribution < -0.4 is 0 Å². The van der Waals surface area contributed by atoms with Gasteiger partial charge in [-0.1, -0.05) is 23.8 Å². The van der Waals surface area contributed by atoms with E-state index in [1.807, 2.05) is 28.9 Å². The average molecular weight is 209 g/mol. The van der Waals surface area contributed by atoms with E-state index < -0.39 is 0 Å². The second-order valence-corrected chi connectivity index (χ2v) is 3.82. The van der Waals surface area contributed by atoms with Gasteiger partial charge in [0.1, 0.15) is 0 Å². The molecule has 0 amide bonds. The summed E-state index contributed by atoms with van der Waals surface area (Å²) in [7, 11) is 0. The standard InChI is InChI=1S/C13H11N3/c1-10-3-2-4-11(9-10)12-5-7-16-8-6-14-13(16)15-12/h2-9H,1H3. The molecule has 0 aliphatic heterocycles. The number of aromatic nitrogens is 3. The lowest BCUT2D eigenvalue weighted by Crippen LogP contribution is -1.90. The maximum Gasteiger partial charge on any atom is 0.234 e. The highest BCUT2D eigenvalue weighted by molar-refractivity contribution is 5.61. The van der Waals surface area contributed by atoms with E-state index in [-0.39, 0.29) is 0 Å². The molecule has 0 radical (unpaired) electrons. The molecule has 2 aromatic heterocycles. The third-order valence-corrected chi connectivity index (χ3v) is 2.58. The molecule has 0 fully saturated rings. The molecule has 3 heteroatoms. The van der Waals surface area contributed by atoms with Gasteiger partial charge in [-0.15, -0.1) is 0 Å². The molecule has 16 heavy (non-hydrogen) atoms. The van der Waals surface area contributed by atoms with Crippen LogP contribution in [0.25, 0.3) is 17.0 Å². The first kappa shape index (κ1) is 9.09. The van der Waals surface area contributed by atoms with Crippen molar-refractivity contribution in [3.05, 3.63) is 54.5 Å². The summed E-state index contributed by atoms with van der Waals surface area (Å²) in [4.78, 5) is 8.68. The monoisotopic (exact) mass is 209 g/mol.